The summed E-state index contributed by atoms with van der Waals surface area (Å²) in [7, 11) is 0. The number of benzene rings is 3. The average molecular weight is 403 g/mol. The molecular weight excluding hydrogens is 368 g/mol. The third-order valence-electron chi connectivity index (χ3n) is 5.67. The molecule has 2 nitrogen and oxygen atoms in total. The summed E-state index contributed by atoms with van der Waals surface area (Å²) < 4.78 is 0. The van der Waals surface area contributed by atoms with Gasteiger partial charge in [0.25, 0.3) is 0 Å². The largest absolute Gasteiger partial charge is 0.384 e. The van der Waals surface area contributed by atoms with Crippen molar-refractivity contribution in [3.8, 4) is 0 Å². The lowest BCUT2D eigenvalue weighted by atomic mass is 9.80. The SMILES string of the molecule is CC(C)(C)c1ccccc1C(O)c1cccc(C(O)c2ccccc2C(C)(C)C)c1. The molecule has 158 valence electrons. The predicted octanol–water partition coefficient (Wildman–Crippen LogP) is 6.45. The van der Waals surface area contributed by atoms with Gasteiger partial charge in [0.2, 0.25) is 0 Å². The number of hydrogen-bond acceptors (Lipinski definition) is 2. The van der Waals surface area contributed by atoms with Gasteiger partial charge in [0.1, 0.15) is 12.2 Å². The first kappa shape index (κ1) is 22.3. The summed E-state index contributed by atoms with van der Waals surface area (Å²) in [5, 5.41) is 22.4. The lowest BCUT2D eigenvalue weighted by Crippen LogP contribution is -2.17. The van der Waals surface area contributed by atoms with Crippen molar-refractivity contribution < 1.29 is 10.2 Å². The summed E-state index contributed by atoms with van der Waals surface area (Å²) >= 11 is 0. The molecule has 3 rings (SSSR count). The zero-order chi connectivity index (χ0) is 22.1. The molecule has 2 atom stereocenters. The number of rotatable bonds is 4. The maximum absolute atomic E-state index is 11.2. The summed E-state index contributed by atoms with van der Waals surface area (Å²) in [5.74, 6) is 0. The molecule has 2 heteroatoms. The van der Waals surface area contributed by atoms with Gasteiger partial charge in [-0.25, -0.2) is 0 Å². The Bertz CT molecular complexity index is 927. The minimum absolute atomic E-state index is 0.0691. The Labute approximate surface area is 181 Å². The summed E-state index contributed by atoms with van der Waals surface area (Å²) in [6.45, 7) is 12.9. The van der Waals surface area contributed by atoms with E-state index in [0.717, 1.165) is 33.4 Å². The second-order valence-electron chi connectivity index (χ2n) is 10.1. The minimum Gasteiger partial charge on any atom is -0.384 e. The van der Waals surface area contributed by atoms with E-state index in [4.69, 9.17) is 0 Å². The lowest BCUT2D eigenvalue weighted by Gasteiger charge is -2.27. The van der Waals surface area contributed by atoms with Crippen LogP contribution in [0.1, 0.15) is 87.1 Å². The van der Waals surface area contributed by atoms with Crippen molar-refractivity contribution in [1.82, 2.24) is 0 Å². The minimum atomic E-state index is -0.745. The molecule has 0 bridgehead atoms. The van der Waals surface area contributed by atoms with Crippen LogP contribution in [0.4, 0.5) is 0 Å². The van der Waals surface area contributed by atoms with Crippen molar-refractivity contribution in [1.29, 1.82) is 0 Å². The summed E-state index contributed by atoms with van der Waals surface area (Å²) in [6.07, 6.45) is -1.49. The second-order valence-corrected chi connectivity index (χ2v) is 10.1. The molecule has 0 fully saturated rings. The van der Waals surface area contributed by atoms with Gasteiger partial charge in [-0.3, -0.25) is 0 Å². The molecule has 3 aromatic carbocycles. The van der Waals surface area contributed by atoms with Crippen molar-refractivity contribution in [3.05, 3.63) is 106 Å². The maximum atomic E-state index is 11.2. The van der Waals surface area contributed by atoms with E-state index in [0.29, 0.717) is 0 Å². The van der Waals surface area contributed by atoms with E-state index in [1.165, 1.54) is 0 Å². The Morgan fingerprint density at radius 2 is 0.900 bits per heavy atom. The molecule has 0 amide bonds. The molecule has 0 saturated carbocycles. The van der Waals surface area contributed by atoms with Crippen LogP contribution in [0, 0.1) is 0 Å². The molecule has 0 saturated heterocycles. The van der Waals surface area contributed by atoms with E-state index in [1.807, 2.05) is 60.7 Å². The molecular formula is C28H34O2. The van der Waals surface area contributed by atoms with Crippen LogP contribution in [0.3, 0.4) is 0 Å². The highest BCUT2D eigenvalue weighted by Gasteiger charge is 2.25. The molecule has 0 heterocycles. The van der Waals surface area contributed by atoms with Crippen LogP contribution in [0.15, 0.2) is 72.8 Å². The van der Waals surface area contributed by atoms with Gasteiger partial charge in [0.05, 0.1) is 0 Å². The molecule has 2 N–H and O–H groups in total. The van der Waals surface area contributed by atoms with E-state index >= 15 is 0 Å². The number of aliphatic hydroxyl groups is 2. The van der Waals surface area contributed by atoms with E-state index in [-0.39, 0.29) is 10.8 Å². The normalized spacial score (nSPS) is 14.4. The first-order chi connectivity index (χ1) is 14.0. The molecule has 0 aliphatic carbocycles. The van der Waals surface area contributed by atoms with Gasteiger partial charge in [0, 0.05) is 0 Å². The Morgan fingerprint density at radius 1 is 0.533 bits per heavy atom. The molecule has 0 aliphatic rings. The van der Waals surface area contributed by atoms with Gasteiger partial charge in [0.15, 0.2) is 0 Å². The van der Waals surface area contributed by atoms with Crippen LogP contribution in [-0.4, -0.2) is 10.2 Å². The number of hydrogen-bond donors (Lipinski definition) is 2. The van der Waals surface area contributed by atoms with Gasteiger partial charge in [-0.15, -0.1) is 0 Å². The second kappa shape index (κ2) is 8.37. The summed E-state index contributed by atoms with van der Waals surface area (Å²) in [5.41, 5.74) is 5.51. The monoisotopic (exact) mass is 402 g/mol. The van der Waals surface area contributed by atoms with Gasteiger partial charge in [-0.05, 0) is 50.3 Å². The van der Waals surface area contributed by atoms with Crippen LogP contribution in [0.5, 0.6) is 0 Å². The van der Waals surface area contributed by atoms with E-state index in [2.05, 4.69) is 53.7 Å². The van der Waals surface area contributed by atoms with Crippen molar-refractivity contribution in [2.45, 2.75) is 64.6 Å². The van der Waals surface area contributed by atoms with E-state index < -0.39 is 12.2 Å². The zero-order valence-corrected chi connectivity index (χ0v) is 19.0. The van der Waals surface area contributed by atoms with Gasteiger partial charge in [-0.2, -0.15) is 0 Å². The van der Waals surface area contributed by atoms with Crippen molar-refractivity contribution in [2.24, 2.45) is 0 Å². The molecule has 30 heavy (non-hydrogen) atoms. The van der Waals surface area contributed by atoms with Crippen LogP contribution < -0.4 is 0 Å². The summed E-state index contributed by atoms with van der Waals surface area (Å²) in [4.78, 5) is 0. The Hall–Kier alpha value is -2.42. The maximum Gasteiger partial charge on any atom is 0.104 e. The smallest absolute Gasteiger partial charge is 0.104 e. The standard InChI is InChI=1S/C28H34O2/c1-27(2,3)23-16-9-7-14-21(23)25(29)19-12-11-13-20(18-19)26(30)22-15-8-10-17-24(22)28(4,5)6/h7-18,25-26,29-30H,1-6H3. The summed E-state index contributed by atoms with van der Waals surface area (Å²) in [6, 6.07) is 23.8. The highest BCUT2D eigenvalue weighted by Crippen LogP contribution is 2.36. The third-order valence-corrected chi connectivity index (χ3v) is 5.67. The van der Waals surface area contributed by atoms with Crippen LogP contribution in [0.2, 0.25) is 0 Å². The Morgan fingerprint density at radius 3 is 1.27 bits per heavy atom. The Balaban J connectivity index is 2.01. The average Bonchev–Trinajstić information content (AvgIpc) is 2.71. The first-order valence-electron chi connectivity index (χ1n) is 10.6. The zero-order valence-electron chi connectivity index (χ0n) is 19.0. The first-order valence-corrected chi connectivity index (χ1v) is 10.6. The third kappa shape index (κ3) is 4.66. The highest BCUT2D eigenvalue weighted by atomic mass is 16.3. The van der Waals surface area contributed by atoms with Crippen molar-refractivity contribution in [3.63, 3.8) is 0 Å². The topological polar surface area (TPSA) is 40.5 Å². The fourth-order valence-electron chi connectivity index (χ4n) is 4.10. The molecule has 0 radical (unpaired) electrons. The highest BCUT2D eigenvalue weighted by molar-refractivity contribution is 5.43. The van der Waals surface area contributed by atoms with Crippen LogP contribution in [0.25, 0.3) is 0 Å². The van der Waals surface area contributed by atoms with Gasteiger partial charge < -0.3 is 10.2 Å². The molecule has 3 aromatic rings. The fourth-order valence-corrected chi connectivity index (χ4v) is 4.10. The van der Waals surface area contributed by atoms with Gasteiger partial charge >= 0.3 is 0 Å². The Kier molecular flexibility index (Phi) is 6.21. The van der Waals surface area contributed by atoms with Crippen molar-refractivity contribution in [2.75, 3.05) is 0 Å². The van der Waals surface area contributed by atoms with Gasteiger partial charge in [-0.1, -0.05) is 108 Å². The molecule has 0 aromatic heterocycles. The molecule has 0 spiro atoms. The van der Waals surface area contributed by atoms with Crippen LogP contribution >= 0.6 is 0 Å². The van der Waals surface area contributed by atoms with E-state index in [9.17, 15) is 10.2 Å². The fraction of sp³-hybridized carbons (Fsp3) is 0.357. The van der Waals surface area contributed by atoms with Crippen molar-refractivity contribution >= 4 is 0 Å². The van der Waals surface area contributed by atoms with E-state index in [1.54, 1.807) is 0 Å². The molecule has 2 unspecified atom stereocenters. The molecule has 0 aliphatic heterocycles. The lowest BCUT2D eigenvalue weighted by molar-refractivity contribution is 0.211. The predicted molar refractivity (Wildman–Crippen MR) is 125 cm³/mol. The van der Waals surface area contributed by atoms with Crippen LogP contribution in [-0.2, 0) is 10.8 Å². The number of aliphatic hydroxyl groups excluding tert-OH is 2. The quantitative estimate of drug-likeness (QED) is 0.527.